The Labute approximate surface area is 108 Å². The van der Waals surface area contributed by atoms with E-state index in [1.54, 1.807) is 6.20 Å². The molecule has 0 aliphatic carbocycles. The smallest absolute Gasteiger partial charge is 0.161 e. The van der Waals surface area contributed by atoms with Gasteiger partial charge in [0.25, 0.3) is 0 Å². The molecule has 2 rings (SSSR count). The summed E-state index contributed by atoms with van der Waals surface area (Å²) in [6, 6.07) is 6.25. The van der Waals surface area contributed by atoms with Gasteiger partial charge in [0.1, 0.15) is 5.82 Å². The third-order valence-corrected chi connectivity index (χ3v) is 3.08. The second-order valence-electron chi connectivity index (χ2n) is 3.80. The van der Waals surface area contributed by atoms with E-state index in [1.807, 2.05) is 0 Å². The van der Waals surface area contributed by atoms with Crippen LogP contribution in [0.3, 0.4) is 0 Å². The maximum atomic E-state index is 5.78. The molecule has 0 unspecified atom stereocenters. The van der Waals surface area contributed by atoms with Crippen molar-refractivity contribution in [3.05, 3.63) is 39.1 Å². The Morgan fingerprint density at radius 3 is 2.31 bits per heavy atom. The summed E-state index contributed by atoms with van der Waals surface area (Å²) in [6.07, 6.45) is 1.75. The number of rotatable bonds is 1. The maximum absolute atomic E-state index is 5.78. The van der Waals surface area contributed by atoms with Crippen molar-refractivity contribution >= 4 is 28.4 Å². The summed E-state index contributed by atoms with van der Waals surface area (Å²) < 4.78 is 0.880. The highest BCUT2D eigenvalue weighted by molar-refractivity contribution is 14.1. The minimum Gasteiger partial charge on any atom is -0.383 e. The van der Waals surface area contributed by atoms with E-state index < -0.39 is 0 Å². The summed E-state index contributed by atoms with van der Waals surface area (Å²) in [5, 5.41) is 0. The predicted molar refractivity (Wildman–Crippen MR) is 74.1 cm³/mol. The molecule has 0 saturated heterocycles. The Hall–Kier alpha value is -1.17. The van der Waals surface area contributed by atoms with E-state index in [0.717, 1.165) is 9.13 Å². The van der Waals surface area contributed by atoms with Gasteiger partial charge in [0.05, 0.1) is 3.57 Å². The van der Waals surface area contributed by atoms with E-state index >= 15 is 0 Å². The van der Waals surface area contributed by atoms with Crippen molar-refractivity contribution in [3.63, 3.8) is 0 Å². The molecule has 0 bridgehead atoms. The van der Waals surface area contributed by atoms with Crippen LogP contribution in [0.15, 0.2) is 24.4 Å². The number of hydrogen-bond acceptors (Lipinski definition) is 3. The van der Waals surface area contributed by atoms with E-state index in [-0.39, 0.29) is 0 Å². The van der Waals surface area contributed by atoms with E-state index in [0.29, 0.717) is 11.6 Å². The molecule has 82 valence electrons. The van der Waals surface area contributed by atoms with Crippen molar-refractivity contribution in [2.75, 3.05) is 5.73 Å². The van der Waals surface area contributed by atoms with Crippen LogP contribution in [0.5, 0.6) is 0 Å². The molecule has 0 saturated carbocycles. The van der Waals surface area contributed by atoms with Crippen LogP contribution in [0.1, 0.15) is 11.1 Å². The molecule has 1 heterocycles. The molecule has 0 spiro atoms. The summed E-state index contributed by atoms with van der Waals surface area (Å²) in [7, 11) is 0. The van der Waals surface area contributed by atoms with Gasteiger partial charge in [-0.3, -0.25) is 0 Å². The zero-order chi connectivity index (χ0) is 11.7. The fourth-order valence-electron chi connectivity index (χ4n) is 1.62. The van der Waals surface area contributed by atoms with Crippen molar-refractivity contribution in [1.82, 2.24) is 9.97 Å². The monoisotopic (exact) mass is 325 g/mol. The van der Waals surface area contributed by atoms with Gasteiger partial charge in [0.15, 0.2) is 5.82 Å². The Balaban J connectivity index is 2.54. The highest BCUT2D eigenvalue weighted by Gasteiger charge is 2.05. The predicted octanol–water partition coefficient (Wildman–Crippen LogP) is 2.95. The summed E-state index contributed by atoms with van der Waals surface area (Å²) in [6.45, 7) is 4.12. The molecule has 1 aromatic carbocycles. The quantitative estimate of drug-likeness (QED) is 0.820. The van der Waals surface area contributed by atoms with Gasteiger partial charge in [-0.2, -0.15) is 0 Å². The third-order valence-electron chi connectivity index (χ3n) is 2.25. The van der Waals surface area contributed by atoms with Crippen LogP contribution < -0.4 is 5.73 Å². The number of benzene rings is 1. The number of anilines is 1. The topological polar surface area (TPSA) is 51.8 Å². The molecular formula is C12H12IN3. The first-order valence-corrected chi connectivity index (χ1v) is 6.01. The molecular weight excluding hydrogens is 313 g/mol. The summed E-state index contributed by atoms with van der Waals surface area (Å²) >= 11 is 2.12. The molecule has 0 atom stereocenters. The summed E-state index contributed by atoms with van der Waals surface area (Å²) in [5.41, 5.74) is 9.20. The van der Waals surface area contributed by atoms with Crippen LogP contribution in [0.25, 0.3) is 11.4 Å². The SMILES string of the molecule is Cc1cc(C)cc(-c2ncc(I)c(N)n2)c1. The van der Waals surface area contributed by atoms with E-state index in [2.05, 4.69) is 64.6 Å². The molecule has 16 heavy (non-hydrogen) atoms. The minimum absolute atomic E-state index is 0.532. The first-order chi connectivity index (χ1) is 7.56. The van der Waals surface area contributed by atoms with Gasteiger partial charge in [-0.25, -0.2) is 9.97 Å². The van der Waals surface area contributed by atoms with E-state index in [1.165, 1.54) is 11.1 Å². The number of aryl methyl sites for hydroxylation is 2. The Bertz CT molecular complexity index is 518. The fraction of sp³-hybridized carbons (Fsp3) is 0.167. The first kappa shape index (κ1) is 11.3. The average molecular weight is 325 g/mol. The second-order valence-corrected chi connectivity index (χ2v) is 4.97. The van der Waals surface area contributed by atoms with Gasteiger partial charge >= 0.3 is 0 Å². The van der Waals surface area contributed by atoms with Crippen molar-refractivity contribution < 1.29 is 0 Å². The van der Waals surface area contributed by atoms with Gasteiger partial charge in [-0.15, -0.1) is 0 Å². The number of nitrogens with zero attached hydrogens (tertiary/aromatic N) is 2. The van der Waals surface area contributed by atoms with E-state index in [9.17, 15) is 0 Å². The highest BCUT2D eigenvalue weighted by atomic mass is 127. The standard InChI is InChI=1S/C12H12IN3/c1-7-3-8(2)5-9(4-7)12-15-6-10(13)11(14)16-12/h3-6H,1-2H3,(H2,14,15,16). The molecule has 0 aliphatic heterocycles. The number of nitrogen functional groups attached to an aromatic ring is 1. The summed E-state index contributed by atoms with van der Waals surface area (Å²) in [5.74, 6) is 1.22. The lowest BCUT2D eigenvalue weighted by atomic mass is 10.1. The molecule has 3 nitrogen and oxygen atoms in total. The Morgan fingerprint density at radius 2 is 1.75 bits per heavy atom. The van der Waals surface area contributed by atoms with Crippen LogP contribution in [0.4, 0.5) is 5.82 Å². The number of nitrogens with two attached hydrogens (primary N) is 1. The molecule has 0 fully saturated rings. The molecule has 1 aromatic heterocycles. The van der Waals surface area contributed by atoms with Crippen LogP contribution in [0, 0.1) is 17.4 Å². The molecule has 0 amide bonds. The fourth-order valence-corrected chi connectivity index (χ4v) is 1.88. The van der Waals surface area contributed by atoms with Crippen molar-refractivity contribution in [2.45, 2.75) is 13.8 Å². The van der Waals surface area contributed by atoms with Crippen molar-refractivity contribution in [3.8, 4) is 11.4 Å². The van der Waals surface area contributed by atoms with Gasteiger partial charge < -0.3 is 5.73 Å². The lowest BCUT2D eigenvalue weighted by Gasteiger charge is -2.05. The highest BCUT2D eigenvalue weighted by Crippen LogP contribution is 2.21. The lowest BCUT2D eigenvalue weighted by molar-refractivity contribution is 1.16. The van der Waals surface area contributed by atoms with Gasteiger partial charge in [-0.1, -0.05) is 17.2 Å². The molecule has 0 aliphatic rings. The molecule has 2 N–H and O–H groups in total. The van der Waals surface area contributed by atoms with Gasteiger partial charge in [-0.05, 0) is 48.6 Å². The number of halogens is 1. The maximum Gasteiger partial charge on any atom is 0.161 e. The lowest BCUT2D eigenvalue weighted by Crippen LogP contribution is -1.98. The van der Waals surface area contributed by atoms with Crippen LogP contribution in [-0.2, 0) is 0 Å². The normalized spacial score (nSPS) is 10.4. The van der Waals surface area contributed by atoms with Crippen LogP contribution in [0.2, 0.25) is 0 Å². The van der Waals surface area contributed by atoms with Gasteiger partial charge in [0.2, 0.25) is 0 Å². The van der Waals surface area contributed by atoms with Gasteiger partial charge in [0, 0.05) is 11.8 Å². The molecule has 4 heteroatoms. The van der Waals surface area contributed by atoms with Crippen molar-refractivity contribution in [1.29, 1.82) is 0 Å². The molecule has 2 aromatic rings. The van der Waals surface area contributed by atoms with Crippen LogP contribution in [-0.4, -0.2) is 9.97 Å². The van der Waals surface area contributed by atoms with E-state index in [4.69, 9.17) is 5.73 Å². The molecule has 0 radical (unpaired) electrons. The minimum atomic E-state index is 0.532. The Kier molecular flexibility index (Phi) is 3.09. The third kappa shape index (κ3) is 2.32. The van der Waals surface area contributed by atoms with Crippen LogP contribution >= 0.6 is 22.6 Å². The first-order valence-electron chi connectivity index (χ1n) is 4.93. The average Bonchev–Trinajstić information content (AvgIpc) is 2.20. The Morgan fingerprint density at radius 1 is 1.12 bits per heavy atom. The second kappa shape index (κ2) is 4.37. The summed E-state index contributed by atoms with van der Waals surface area (Å²) in [4.78, 5) is 8.58. The zero-order valence-electron chi connectivity index (χ0n) is 9.16. The van der Waals surface area contributed by atoms with Crippen molar-refractivity contribution in [2.24, 2.45) is 0 Å². The number of aromatic nitrogens is 2. The number of hydrogen-bond donors (Lipinski definition) is 1. The largest absolute Gasteiger partial charge is 0.383 e. The zero-order valence-corrected chi connectivity index (χ0v) is 11.3.